The molecule has 1 saturated carbocycles. The van der Waals surface area contributed by atoms with Gasteiger partial charge in [-0.15, -0.1) is 0 Å². The molecule has 1 amide bonds. The molecule has 1 aromatic heterocycles. The van der Waals surface area contributed by atoms with Crippen LogP contribution in [0, 0.1) is 0 Å². The van der Waals surface area contributed by atoms with Crippen molar-refractivity contribution in [2.75, 3.05) is 6.54 Å². The number of rotatable bonds is 8. The Hall–Kier alpha value is -2.47. The molecule has 154 valence electrons. The number of nitrogens with one attached hydrogen (secondary N) is 1. The Labute approximate surface area is 171 Å². The fourth-order valence-electron chi connectivity index (χ4n) is 4.18. The topological polar surface area (TPSA) is 75.4 Å². The lowest BCUT2D eigenvalue weighted by Crippen LogP contribution is -2.38. The summed E-state index contributed by atoms with van der Waals surface area (Å²) in [5, 5.41) is 7.03. The van der Waals surface area contributed by atoms with Crippen molar-refractivity contribution in [1.29, 1.82) is 0 Å². The highest BCUT2D eigenvalue weighted by Crippen LogP contribution is 2.35. The Bertz CT molecular complexity index is 857. The smallest absolute Gasteiger partial charge is 0.273 e. The van der Waals surface area contributed by atoms with Crippen molar-refractivity contribution in [3.63, 3.8) is 0 Å². The average molecular weight is 396 g/mol. The molecule has 2 fully saturated rings. The molecule has 0 unspecified atom stereocenters. The second kappa shape index (κ2) is 8.49. The Morgan fingerprint density at radius 1 is 1.24 bits per heavy atom. The standard InChI is InChI=1S/C23H29N3O3/c1-15(2)22-13-20(25-29-22)23(28)24-17-12-19(26(14-17)18-8-9-18)10-11-21(27)16-6-4-3-5-7-16/h3-7,13,15,17-19H,8-12,14H2,1-2H3,(H,24,28)/t17-,19-/m0/s1. The van der Waals surface area contributed by atoms with Gasteiger partial charge in [0.05, 0.1) is 0 Å². The van der Waals surface area contributed by atoms with Crippen LogP contribution in [0.4, 0.5) is 0 Å². The molecular formula is C23H29N3O3. The lowest BCUT2D eigenvalue weighted by atomic mass is 10.0. The van der Waals surface area contributed by atoms with Gasteiger partial charge in [0, 0.05) is 48.6 Å². The van der Waals surface area contributed by atoms with Crippen LogP contribution in [0.2, 0.25) is 0 Å². The predicted octanol–water partition coefficient (Wildman–Crippen LogP) is 3.80. The Morgan fingerprint density at radius 3 is 2.66 bits per heavy atom. The Kier molecular flexibility index (Phi) is 5.81. The van der Waals surface area contributed by atoms with Crippen LogP contribution in [-0.4, -0.2) is 46.4 Å². The quantitative estimate of drug-likeness (QED) is 0.688. The molecule has 2 aliphatic rings. The van der Waals surface area contributed by atoms with Crippen LogP contribution < -0.4 is 5.32 Å². The van der Waals surface area contributed by atoms with Crippen LogP contribution in [-0.2, 0) is 0 Å². The van der Waals surface area contributed by atoms with Crippen LogP contribution in [0.5, 0.6) is 0 Å². The third-order valence-corrected chi connectivity index (χ3v) is 5.94. The normalized spacial score (nSPS) is 22.2. The lowest BCUT2D eigenvalue weighted by Gasteiger charge is -2.23. The number of carbonyl (C=O) groups is 2. The van der Waals surface area contributed by atoms with Gasteiger partial charge in [-0.1, -0.05) is 49.3 Å². The van der Waals surface area contributed by atoms with E-state index in [1.54, 1.807) is 6.07 Å². The molecule has 2 aromatic rings. The van der Waals surface area contributed by atoms with Crippen LogP contribution >= 0.6 is 0 Å². The first-order valence-electron chi connectivity index (χ1n) is 10.6. The number of Topliss-reactive ketones (excluding diaryl/α,β-unsaturated/α-hetero) is 1. The van der Waals surface area contributed by atoms with Crippen molar-refractivity contribution in [2.24, 2.45) is 0 Å². The zero-order chi connectivity index (χ0) is 20.4. The minimum Gasteiger partial charge on any atom is -0.360 e. The maximum Gasteiger partial charge on any atom is 0.273 e. The van der Waals surface area contributed by atoms with Gasteiger partial charge in [0.15, 0.2) is 11.5 Å². The predicted molar refractivity (Wildman–Crippen MR) is 110 cm³/mol. The number of likely N-dealkylation sites (tertiary alicyclic amines) is 1. The van der Waals surface area contributed by atoms with E-state index in [1.165, 1.54) is 12.8 Å². The van der Waals surface area contributed by atoms with E-state index in [2.05, 4.69) is 15.4 Å². The summed E-state index contributed by atoms with van der Waals surface area (Å²) in [6.45, 7) is 4.86. The fourth-order valence-corrected chi connectivity index (χ4v) is 4.18. The SMILES string of the molecule is CC(C)c1cc(C(=O)N[C@H]2C[C@H](CCC(=O)c3ccccc3)N(C3CC3)C2)no1. The summed E-state index contributed by atoms with van der Waals surface area (Å²) >= 11 is 0. The van der Waals surface area contributed by atoms with Gasteiger partial charge in [-0.05, 0) is 25.7 Å². The molecule has 4 rings (SSSR count). The van der Waals surface area contributed by atoms with E-state index in [-0.39, 0.29) is 23.7 Å². The van der Waals surface area contributed by atoms with Crippen LogP contribution in [0.3, 0.4) is 0 Å². The molecule has 29 heavy (non-hydrogen) atoms. The molecule has 2 heterocycles. The summed E-state index contributed by atoms with van der Waals surface area (Å²) in [6, 6.07) is 12.2. The van der Waals surface area contributed by atoms with Crippen molar-refractivity contribution in [3.8, 4) is 0 Å². The molecule has 1 N–H and O–H groups in total. The number of hydrogen-bond acceptors (Lipinski definition) is 5. The Morgan fingerprint density at radius 2 is 2.00 bits per heavy atom. The monoisotopic (exact) mass is 395 g/mol. The van der Waals surface area contributed by atoms with Crippen LogP contribution in [0.1, 0.15) is 78.5 Å². The molecule has 6 heteroatoms. The van der Waals surface area contributed by atoms with Gasteiger partial charge in [0.1, 0.15) is 5.76 Å². The third-order valence-electron chi connectivity index (χ3n) is 5.94. The van der Waals surface area contributed by atoms with E-state index in [1.807, 2.05) is 44.2 Å². The first kappa shape index (κ1) is 19.8. The molecule has 0 spiro atoms. The molecule has 1 aromatic carbocycles. The van der Waals surface area contributed by atoms with Crippen molar-refractivity contribution >= 4 is 11.7 Å². The van der Waals surface area contributed by atoms with Crippen LogP contribution in [0.25, 0.3) is 0 Å². The van der Waals surface area contributed by atoms with E-state index in [4.69, 9.17) is 4.52 Å². The number of carbonyl (C=O) groups excluding carboxylic acids is 2. The first-order valence-corrected chi connectivity index (χ1v) is 10.6. The van der Waals surface area contributed by atoms with Gasteiger partial charge in [0.25, 0.3) is 5.91 Å². The zero-order valence-electron chi connectivity index (χ0n) is 17.1. The summed E-state index contributed by atoms with van der Waals surface area (Å²) < 4.78 is 5.25. The van der Waals surface area contributed by atoms with E-state index in [0.29, 0.717) is 24.2 Å². The lowest BCUT2D eigenvalue weighted by molar-refractivity contribution is 0.0926. The maximum atomic E-state index is 12.6. The number of benzene rings is 1. The van der Waals surface area contributed by atoms with Crippen molar-refractivity contribution in [2.45, 2.75) is 70.0 Å². The highest BCUT2D eigenvalue weighted by atomic mass is 16.5. The van der Waals surface area contributed by atoms with E-state index >= 15 is 0 Å². The molecule has 6 nitrogen and oxygen atoms in total. The van der Waals surface area contributed by atoms with Gasteiger partial charge in [-0.3, -0.25) is 14.5 Å². The molecule has 1 saturated heterocycles. The maximum absolute atomic E-state index is 12.6. The van der Waals surface area contributed by atoms with Crippen molar-refractivity contribution < 1.29 is 14.1 Å². The summed E-state index contributed by atoms with van der Waals surface area (Å²) in [4.78, 5) is 27.6. The van der Waals surface area contributed by atoms with Crippen LogP contribution in [0.15, 0.2) is 40.9 Å². The molecule has 1 aliphatic heterocycles. The summed E-state index contributed by atoms with van der Waals surface area (Å²) in [5.41, 5.74) is 1.12. The minimum atomic E-state index is -0.178. The fraction of sp³-hybridized carbons (Fsp3) is 0.522. The van der Waals surface area contributed by atoms with Gasteiger partial charge < -0.3 is 9.84 Å². The van der Waals surface area contributed by atoms with Gasteiger partial charge in [0.2, 0.25) is 0 Å². The Balaban J connectivity index is 1.34. The van der Waals surface area contributed by atoms with E-state index in [0.717, 1.165) is 30.7 Å². The summed E-state index contributed by atoms with van der Waals surface area (Å²) in [5.74, 6) is 0.936. The molecule has 1 aliphatic carbocycles. The number of aromatic nitrogens is 1. The number of nitrogens with zero attached hydrogens (tertiary/aromatic N) is 2. The van der Waals surface area contributed by atoms with Crippen molar-refractivity contribution in [1.82, 2.24) is 15.4 Å². The summed E-state index contributed by atoms with van der Waals surface area (Å²) in [6.07, 6.45) is 4.67. The van der Waals surface area contributed by atoms with Crippen molar-refractivity contribution in [3.05, 3.63) is 53.4 Å². The van der Waals surface area contributed by atoms with E-state index in [9.17, 15) is 9.59 Å². The first-order chi connectivity index (χ1) is 14.0. The third kappa shape index (κ3) is 4.75. The highest BCUT2D eigenvalue weighted by Gasteiger charge is 2.41. The molecule has 0 bridgehead atoms. The molecule has 0 radical (unpaired) electrons. The van der Waals surface area contributed by atoms with Gasteiger partial charge >= 0.3 is 0 Å². The highest BCUT2D eigenvalue weighted by molar-refractivity contribution is 5.96. The largest absolute Gasteiger partial charge is 0.360 e. The van der Waals surface area contributed by atoms with Gasteiger partial charge in [-0.2, -0.15) is 0 Å². The molecule has 2 atom stereocenters. The number of amides is 1. The minimum absolute atomic E-state index is 0.0825. The zero-order valence-corrected chi connectivity index (χ0v) is 17.1. The van der Waals surface area contributed by atoms with E-state index < -0.39 is 0 Å². The second-order valence-corrected chi connectivity index (χ2v) is 8.58. The van der Waals surface area contributed by atoms with Gasteiger partial charge in [-0.25, -0.2) is 0 Å². The second-order valence-electron chi connectivity index (χ2n) is 8.58. The number of ketones is 1. The molecular weight excluding hydrogens is 366 g/mol. The summed E-state index contributed by atoms with van der Waals surface area (Å²) in [7, 11) is 0. The average Bonchev–Trinajstić information content (AvgIpc) is 3.29. The number of hydrogen-bond donors (Lipinski definition) is 1.